The molecule has 0 saturated carbocycles. The number of piperazine rings is 1. The van der Waals surface area contributed by atoms with Gasteiger partial charge in [-0.3, -0.25) is 10.1 Å². The monoisotopic (exact) mass is 349 g/mol. The van der Waals surface area contributed by atoms with E-state index in [-0.39, 0.29) is 11.5 Å². The summed E-state index contributed by atoms with van der Waals surface area (Å²) in [6.07, 6.45) is 1.17. The van der Waals surface area contributed by atoms with E-state index in [1.54, 1.807) is 0 Å². The van der Waals surface area contributed by atoms with Crippen molar-refractivity contribution < 1.29 is 4.92 Å². The molecule has 2 saturated heterocycles. The standard InChI is InChI=1S/C16H27N7O2/c1-11-8-12(2)10-22(9-11)16-18-14(17)13(23(24)25)15(19-16)21-6-4-20(3)5-7-21/h11-12H,4-10H2,1-3H3,(H2,17,18,19). The van der Waals surface area contributed by atoms with Crippen LogP contribution in [0.15, 0.2) is 0 Å². The minimum Gasteiger partial charge on any atom is -0.378 e. The van der Waals surface area contributed by atoms with Gasteiger partial charge in [0.15, 0.2) is 0 Å². The smallest absolute Gasteiger partial charge is 0.353 e. The molecule has 0 radical (unpaired) electrons. The zero-order valence-electron chi connectivity index (χ0n) is 15.2. The molecule has 0 aliphatic carbocycles. The minimum atomic E-state index is -0.464. The van der Waals surface area contributed by atoms with Crippen LogP contribution in [0.5, 0.6) is 0 Å². The van der Waals surface area contributed by atoms with E-state index < -0.39 is 4.92 Å². The lowest BCUT2D eigenvalue weighted by Crippen LogP contribution is -2.45. The van der Waals surface area contributed by atoms with E-state index in [9.17, 15) is 10.1 Å². The highest BCUT2D eigenvalue weighted by molar-refractivity contribution is 5.71. The van der Waals surface area contributed by atoms with Crippen LogP contribution in [0.2, 0.25) is 0 Å². The number of likely N-dealkylation sites (N-methyl/N-ethyl adjacent to an activating group) is 1. The maximum atomic E-state index is 11.5. The number of hydrogen-bond donors (Lipinski definition) is 1. The largest absolute Gasteiger partial charge is 0.378 e. The Hall–Kier alpha value is -2.16. The highest BCUT2D eigenvalue weighted by atomic mass is 16.6. The minimum absolute atomic E-state index is 0.0465. The van der Waals surface area contributed by atoms with Gasteiger partial charge in [0.2, 0.25) is 17.6 Å². The molecule has 2 fully saturated rings. The van der Waals surface area contributed by atoms with Crippen LogP contribution >= 0.6 is 0 Å². The molecular formula is C16H27N7O2. The maximum Gasteiger partial charge on any atom is 0.353 e. The molecule has 2 atom stereocenters. The van der Waals surface area contributed by atoms with E-state index in [4.69, 9.17) is 5.73 Å². The van der Waals surface area contributed by atoms with Gasteiger partial charge in [-0.2, -0.15) is 9.97 Å². The van der Waals surface area contributed by atoms with Crippen LogP contribution in [0.1, 0.15) is 20.3 Å². The quantitative estimate of drug-likeness (QED) is 0.641. The summed E-state index contributed by atoms with van der Waals surface area (Å²) in [6.45, 7) is 9.19. The summed E-state index contributed by atoms with van der Waals surface area (Å²) in [6, 6.07) is 0. The molecule has 2 aliphatic heterocycles. The molecule has 0 aromatic carbocycles. The van der Waals surface area contributed by atoms with Crippen molar-refractivity contribution in [3.63, 3.8) is 0 Å². The molecule has 1 aromatic heterocycles. The number of nitro groups is 1. The van der Waals surface area contributed by atoms with Crippen molar-refractivity contribution in [2.24, 2.45) is 11.8 Å². The van der Waals surface area contributed by atoms with Crippen LogP contribution in [0.4, 0.5) is 23.3 Å². The molecule has 2 N–H and O–H groups in total. The molecule has 9 heteroatoms. The second kappa shape index (κ2) is 6.99. The van der Waals surface area contributed by atoms with Crippen molar-refractivity contribution in [1.82, 2.24) is 14.9 Å². The number of aromatic nitrogens is 2. The fraction of sp³-hybridized carbons (Fsp3) is 0.750. The van der Waals surface area contributed by atoms with E-state index in [0.29, 0.717) is 36.7 Å². The highest BCUT2D eigenvalue weighted by Crippen LogP contribution is 2.34. The number of nitrogens with zero attached hydrogens (tertiary/aromatic N) is 6. The van der Waals surface area contributed by atoms with E-state index in [2.05, 4.69) is 33.6 Å². The lowest BCUT2D eigenvalue weighted by molar-refractivity contribution is -0.383. The van der Waals surface area contributed by atoms with Crippen molar-refractivity contribution in [1.29, 1.82) is 0 Å². The van der Waals surface area contributed by atoms with Gasteiger partial charge in [-0.25, -0.2) is 0 Å². The molecule has 0 spiro atoms. The van der Waals surface area contributed by atoms with E-state index in [0.717, 1.165) is 26.2 Å². The Kier molecular flexibility index (Phi) is 4.94. The number of nitrogens with two attached hydrogens (primary N) is 1. The first-order valence-corrected chi connectivity index (χ1v) is 8.85. The van der Waals surface area contributed by atoms with Crippen molar-refractivity contribution in [3.8, 4) is 0 Å². The van der Waals surface area contributed by atoms with Gasteiger partial charge in [0.25, 0.3) is 0 Å². The Labute approximate surface area is 148 Å². The Morgan fingerprint density at radius 3 is 2.24 bits per heavy atom. The third-order valence-corrected chi connectivity index (χ3v) is 5.02. The fourth-order valence-electron chi connectivity index (χ4n) is 3.83. The van der Waals surface area contributed by atoms with Crippen LogP contribution in [-0.2, 0) is 0 Å². The lowest BCUT2D eigenvalue weighted by atomic mass is 9.92. The predicted octanol–water partition coefficient (Wildman–Crippen LogP) is 1.20. The molecule has 0 amide bonds. The fourth-order valence-corrected chi connectivity index (χ4v) is 3.83. The highest BCUT2D eigenvalue weighted by Gasteiger charge is 2.31. The normalized spacial score (nSPS) is 25.2. The molecule has 25 heavy (non-hydrogen) atoms. The topological polar surface area (TPSA) is 105 Å². The zero-order chi connectivity index (χ0) is 18.1. The van der Waals surface area contributed by atoms with Gasteiger partial charge < -0.3 is 20.4 Å². The van der Waals surface area contributed by atoms with E-state index >= 15 is 0 Å². The van der Waals surface area contributed by atoms with Crippen LogP contribution < -0.4 is 15.5 Å². The van der Waals surface area contributed by atoms with Crippen LogP contribution in [0, 0.1) is 22.0 Å². The van der Waals surface area contributed by atoms with Gasteiger partial charge in [-0.1, -0.05) is 13.8 Å². The molecule has 2 unspecified atom stereocenters. The maximum absolute atomic E-state index is 11.5. The van der Waals surface area contributed by atoms with Crippen LogP contribution in [-0.4, -0.2) is 66.1 Å². The molecule has 0 bridgehead atoms. The number of nitrogen functional groups attached to an aromatic ring is 1. The summed E-state index contributed by atoms with van der Waals surface area (Å²) >= 11 is 0. The Morgan fingerprint density at radius 1 is 1.08 bits per heavy atom. The zero-order valence-corrected chi connectivity index (χ0v) is 15.2. The van der Waals surface area contributed by atoms with Gasteiger partial charge in [0, 0.05) is 39.3 Å². The average molecular weight is 349 g/mol. The molecule has 138 valence electrons. The molecule has 9 nitrogen and oxygen atoms in total. The molecule has 3 heterocycles. The SMILES string of the molecule is CC1CC(C)CN(c2nc(N)c([N+](=O)[O-])c(N3CCN(C)CC3)n2)C1. The number of rotatable bonds is 3. The Balaban J connectivity index is 1.97. The molecule has 1 aromatic rings. The first-order valence-electron chi connectivity index (χ1n) is 8.85. The van der Waals surface area contributed by atoms with E-state index in [1.807, 2.05) is 11.9 Å². The second-order valence-electron chi connectivity index (χ2n) is 7.48. The number of anilines is 3. The van der Waals surface area contributed by atoms with Gasteiger partial charge in [-0.15, -0.1) is 0 Å². The molecule has 3 rings (SSSR count). The lowest BCUT2D eigenvalue weighted by Gasteiger charge is -2.36. The van der Waals surface area contributed by atoms with Gasteiger partial charge in [-0.05, 0) is 25.3 Å². The van der Waals surface area contributed by atoms with E-state index in [1.165, 1.54) is 6.42 Å². The second-order valence-corrected chi connectivity index (χ2v) is 7.48. The van der Waals surface area contributed by atoms with Crippen molar-refractivity contribution in [3.05, 3.63) is 10.1 Å². The summed E-state index contributed by atoms with van der Waals surface area (Å²) < 4.78 is 0. The van der Waals surface area contributed by atoms with Crippen molar-refractivity contribution >= 4 is 23.3 Å². The van der Waals surface area contributed by atoms with Gasteiger partial charge in [0.1, 0.15) is 0 Å². The number of hydrogen-bond acceptors (Lipinski definition) is 8. The molecule has 2 aliphatic rings. The Morgan fingerprint density at radius 2 is 1.68 bits per heavy atom. The average Bonchev–Trinajstić information content (AvgIpc) is 2.53. The summed E-state index contributed by atoms with van der Waals surface area (Å²) in [5.74, 6) is 1.89. The first-order chi connectivity index (χ1) is 11.8. The summed E-state index contributed by atoms with van der Waals surface area (Å²) in [4.78, 5) is 26.2. The van der Waals surface area contributed by atoms with Crippen molar-refractivity contribution in [2.45, 2.75) is 20.3 Å². The first kappa shape index (κ1) is 17.7. The molecular weight excluding hydrogens is 322 g/mol. The summed E-state index contributed by atoms with van der Waals surface area (Å²) in [5, 5.41) is 11.5. The predicted molar refractivity (Wildman–Crippen MR) is 98.0 cm³/mol. The van der Waals surface area contributed by atoms with Gasteiger partial charge >= 0.3 is 5.69 Å². The third kappa shape index (κ3) is 3.76. The van der Waals surface area contributed by atoms with Crippen LogP contribution in [0.3, 0.4) is 0 Å². The third-order valence-electron chi connectivity index (χ3n) is 5.02. The van der Waals surface area contributed by atoms with Crippen LogP contribution in [0.25, 0.3) is 0 Å². The van der Waals surface area contributed by atoms with Gasteiger partial charge in [0.05, 0.1) is 4.92 Å². The van der Waals surface area contributed by atoms with Crippen molar-refractivity contribution in [2.75, 3.05) is 61.8 Å². The summed E-state index contributed by atoms with van der Waals surface area (Å²) in [5.41, 5.74) is 5.80. The Bertz CT molecular complexity index is 636. The summed E-state index contributed by atoms with van der Waals surface area (Å²) in [7, 11) is 2.04. The number of piperidine rings is 1.